The number of benzene rings is 4. The second-order valence-corrected chi connectivity index (χ2v) is 20.1. The number of hydrogen-bond acceptors (Lipinski definition) is 12. The number of phenolic OH excluding ortho intramolecular Hbond substituents is 1. The van der Waals surface area contributed by atoms with Gasteiger partial charge >= 0.3 is 12.1 Å². The Balaban J connectivity index is 1.20. The van der Waals surface area contributed by atoms with Crippen molar-refractivity contribution < 1.29 is 62.2 Å². The third kappa shape index (κ3) is 14.8. The van der Waals surface area contributed by atoms with Gasteiger partial charge in [0.15, 0.2) is 0 Å². The Morgan fingerprint density at radius 2 is 1.55 bits per heavy atom. The van der Waals surface area contributed by atoms with E-state index in [0.29, 0.717) is 24.0 Å². The van der Waals surface area contributed by atoms with Crippen LogP contribution in [0.2, 0.25) is 0 Å². The Bertz CT molecular complexity index is 2810. The molecule has 0 aromatic heterocycles. The highest BCUT2D eigenvalue weighted by atomic mass is 16.7. The van der Waals surface area contributed by atoms with Crippen molar-refractivity contribution in [2.75, 3.05) is 53.4 Å². The largest absolute Gasteiger partial charge is 0.513 e. The highest BCUT2D eigenvalue weighted by molar-refractivity contribution is 5.96. The summed E-state index contributed by atoms with van der Waals surface area (Å²) < 4.78 is 10.2. The van der Waals surface area contributed by atoms with E-state index in [2.05, 4.69) is 57.8 Å². The van der Waals surface area contributed by atoms with Gasteiger partial charge in [0.2, 0.25) is 35.6 Å². The summed E-state index contributed by atoms with van der Waals surface area (Å²) in [5, 5.41) is 24.5. The van der Waals surface area contributed by atoms with E-state index < -0.39 is 102 Å². The van der Waals surface area contributed by atoms with E-state index >= 15 is 0 Å². The van der Waals surface area contributed by atoms with Crippen molar-refractivity contribution in [3.63, 3.8) is 0 Å². The van der Waals surface area contributed by atoms with Crippen molar-refractivity contribution in [3.8, 4) is 33.8 Å². The molecule has 8 amide bonds. The average Bonchev–Trinajstić information content (AvgIpc) is 3.91. The Hall–Kier alpha value is -8.13. The molecule has 1 saturated heterocycles. The molecule has 4 unspecified atom stereocenters. The van der Waals surface area contributed by atoms with Crippen LogP contribution in [-0.2, 0) is 51.1 Å². The van der Waals surface area contributed by atoms with Crippen LogP contribution < -0.4 is 37.1 Å². The summed E-state index contributed by atoms with van der Waals surface area (Å²) in [5.74, 6) is -6.49. The first-order valence-corrected chi connectivity index (χ1v) is 25.5. The van der Waals surface area contributed by atoms with Crippen LogP contribution >= 0.6 is 0 Å². The van der Waals surface area contributed by atoms with Crippen LogP contribution in [0.5, 0.6) is 11.5 Å². The molecule has 6 rings (SSSR count). The molecule has 8 N–H and O–H groups in total. The fourth-order valence-electron chi connectivity index (χ4n) is 9.00. The molecular weight excluding hydrogens is 977 g/mol. The number of nitrogens with one attached hydrogen (secondary N) is 5. The van der Waals surface area contributed by atoms with Crippen molar-refractivity contribution in [2.45, 2.75) is 84.3 Å². The van der Waals surface area contributed by atoms with Crippen molar-refractivity contribution in [3.05, 3.63) is 107 Å². The summed E-state index contributed by atoms with van der Waals surface area (Å²) in [6, 6.07) is 20.4. The number of rotatable bonds is 18. The number of nitrogens with zero attached hydrogens (tertiary/aromatic N) is 2. The fourth-order valence-corrected chi connectivity index (χ4v) is 9.00. The Morgan fingerprint density at radius 3 is 2.22 bits per heavy atom. The van der Waals surface area contributed by atoms with Crippen molar-refractivity contribution in [1.29, 1.82) is 0 Å². The predicted molar refractivity (Wildman–Crippen MR) is 281 cm³/mol. The van der Waals surface area contributed by atoms with E-state index in [9.17, 15) is 48.3 Å². The minimum absolute atomic E-state index is 0.0291. The minimum atomic E-state index is -1.46. The van der Waals surface area contributed by atoms with E-state index in [1.807, 2.05) is 26.0 Å². The van der Waals surface area contributed by atoms with Crippen LogP contribution in [0.1, 0.15) is 86.5 Å². The van der Waals surface area contributed by atoms with Gasteiger partial charge in [0, 0.05) is 41.8 Å². The third-order valence-electron chi connectivity index (χ3n) is 13.4. The molecule has 4 aromatic carbocycles. The van der Waals surface area contributed by atoms with Crippen LogP contribution in [0.15, 0.2) is 84.9 Å². The number of phenols is 1. The lowest BCUT2D eigenvalue weighted by molar-refractivity contribution is -0.836. The van der Waals surface area contributed by atoms with Gasteiger partial charge in [-0.1, -0.05) is 76.6 Å². The molecule has 20 nitrogen and oxygen atoms in total. The lowest BCUT2D eigenvalue weighted by Crippen LogP contribution is -2.58. The van der Waals surface area contributed by atoms with Crippen LogP contribution in [0.4, 0.5) is 4.79 Å². The topological polar surface area (TPSA) is 282 Å². The van der Waals surface area contributed by atoms with Gasteiger partial charge in [0.25, 0.3) is 11.8 Å². The van der Waals surface area contributed by atoms with Crippen molar-refractivity contribution in [1.82, 2.24) is 31.5 Å². The van der Waals surface area contributed by atoms with Crippen LogP contribution in [0.3, 0.4) is 0 Å². The van der Waals surface area contributed by atoms with Gasteiger partial charge in [-0.25, -0.2) is 14.1 Å². The first-order valence-electron chi connectivity index (χ1n) is 25.5. The molecule has 4 atom stereocenters. The first-order chi connectivity index (χ1) is 36.2. The number of ether oxygens (including phenoxy) is 2. The molecule has 0 aliphatic carbocycles. The van der Waals surface area contributed by atoms with Gasteiger partial charge < -0.3 is 51.8 Å². The molecule has 4 bridgehead atoms. The van der Waals surface area contributed by atoms with Gasteiger partial charge in [0.05, 0.1) is 39.7 Å². The number of aromatic hydroxyl groups is 1. The maximum Gasteiger partial charge on any atom is 0.513 e. The standard InChI is InChI=1S/C56H68N8O12/c1-7-8-10-35-12-15-37(16-13-35)38-17-19-39(20-18-38)53(71)58-28-34(4)52(70)61-31-49(68)64(5,6)50-40-21-23-46(76-56(74)75-32-33(2)3)42(27-40)41-25-36(14-22-45(41)65)26-43(62-47(66)29-59-55(50)73)54(72)60-30-48(67)63-24-9-11-44(63)51(57)69/h12-23,25,27,33-34,43-44,50H,7-11,24,26,28-32H2,1-6H3,(H7-,57,58,59,60,61,62,65,66,69,70,71,72,73)/p+1. The van der Waals surface area contributed by atoms with Gasteiger partial charge in [-0.15, -0.1) is 0 Å². The zero-order valence-electron chi connectivity index (χ0n) is 43.9. The maximum absolute atomic E-state index is 14.5. The molecule has 2 heterocycles. The highest BCUT2D eigenvalue weighted by Crippen LogP contribution is 2.40. The molecule has 0 radical (unpaired) electrons. The monoisotopic (exact) mass is 1050 g/mol. The fraction of sp³-hybridized carbons (Fsp3) is 0.411. The van der Waals surface area contributed by atoms with Crippen molar-refractivity contribution in [2.24, 2.45) is 17.6 Å². The van der Waals surface area contributed by atoms with Crippen LogP contribution in [0, 0.1) is 11.8 Å². The van der Waals surface area contributed by atoms with E-state index in [-0.39, 0.29) is 60.2 Å². The number of primary amides is 1. The Morgan fingerprint density at radius 1 is 0.855 bits per heavy atom. The minimum Gasteiger partial charge on any atom is -0.507 e. The van der Waals surface area contributed by atoms with E-state index in [1.165, 1.54) is 61.0 Å². The second kappa shape index (κ2) is 25.9. The molecule has 20 heteroatoms. The summed E-state index contributed by atoms with van der Waals surface area (Å²) in [7, 11) is 2.86. The number of carbonyl (C=O) groups excluding carboxylic acids is 9. The first kappa shape index (κ1) is 57.2. The molecule has 1 fully saturated rings. The Kier molecular flexibility index (Phi) is 19.5. The number of likely N-dealkylation sites (tertiary alicyclic amines) is 1. The molecule has 2 aliphatic heterocycles. The van der Waals surface area contributed by atoms with E-state index in [4.69, 9.17) is 15.2 Å². The number of quaternary nitrogens is 1. The number of nitrogens with two attached hydrogens (primary N) is 1. The molecule has 0 saturated carbocycles. The van der Waals surface area contributed by atoms with Gasteiger partial charge in [-0.05, 0) is 96.3 Å². The van der Waals surface area contributed by atoms with Gasteiger partial charge in [-0.3, -0.25) is 33.6 Å². The summed E-state index contributed by atoms with van der Waals surface area (Å²) >= 11 is 0. The molecule has 2 aliphatic rings. The summed E-state index contributed by atoms with van der Waals surface area (Å²) in [6.45, 7) is 5.90. The van der Waals surface area contributed by atoms with Crippen molar-refractivity contribution >= 4 is 53.4 Å². The van der Waals surface area contributed by atoms with Crippen LogP contribution in [-0.4, -0.2) is 133 Å². The molecule has 76 heavy (non-hydrogen) atoms. The second-order valence-electron chi connectivity index (χ2n) is 20.1. The number of amides is 8. The predicted octanol–water partition coefficient (Wildman–Crippen LogP) is 3.82. The van der Waals surface area contributed by atoms with E-state index in [1.54, 1.807) is 19.1 Å². The zero-order chi connectivity index (χ0) is 55.3. The average molecular weight is 1050 g/mol. The lowest BCUT2D eigenvalue weighted by atomic mass is 9.93. The smallest absolute Gasteiger partial charge is 0.507 e. The normalized spacial score (nSPS) is 17.0. The third-order valence-corrected chi connectivity index (χ3v) is 13.4. The summed E-state index contributed by atoms with van der Waals surface area (Å²) in [5.41, 5.74) is 9.85. The van der Waals surface area contributed by atoms with E-state index in [0.717, 1.165) is 30.4 Å². The molecular formula is C56H69N8O12+. The summed E-state index contributed by atoms with van der Waals surface area (Å²) in [4.78, 5) is 122. The number of fused-ring (bicyclic) bond motifs is 5. The highest BCUT2D eigenvalue weighted by Gasteiger charge is 2.43. The van der Waals surface area contributed by atoms with Gasteiger partial charge in [0.1, 0.15) is 30.1 Å². The number of carbonyl (C=O) groups is 9. The quantitative estimate of drug-likeness (QED) is 0.0426. The molecule has 4 aromatic rings. The lowest BCUT2D eigenvalue weighted by Gasteiger charge is -2.35. The molecule has 404 valence electrons. The number of unbranched alkanes of at least 4 members (excludes halogenated alkanes) is 1. The number of aryl methyl sites for hydroxylation is 1. The zero-order valence-corrected chi connectivity index (χ0v) is 43.9. The molecule has 0 spiro atoms. The maximum atomic E-state index is 14.5. The number of likely N-dealkylation sites (N-methyl/N-ethyl adjacent to an activating group) is 1. The van der Waals surface area contributed by atoms with Gasteiger partial charge in [-0.2, -0.15) is 0 Å². The SMILES string of the molecule is CCCCc1ccc(-c2ccc(C(=O)NCC(C)C(=O)NCC(=O)[N+](C)(C)C3C(=O)NCC(=O)NC(C(=O)NCC(=O)N4CCCC4C(N)=O)Cc4ccc(O)c(c4)-c4cc3ccc4OC(=O)OCC(C)C)cc2)cc1. The Labute approximate surface area is 442 Å². The number of hydrogen-bond donors (Lipinski definition) is 7. The summed E-state index contributed by atoms with van der Waals surface area (Å²) in [6.07, 6.45) is 2.94. The van der Waals surface area contributed by atoms with Crippen LogP contribution in [0.25, 0.3) is 22.3 Å².